The molecule has 0 saturated heterocycles. The largest absolute Gasteiger partial charge is 0.192 e. The Bertz CT molecular complexity index is 2920. The molecule has 15 aromatic carbocycles. The van der Waals surface area contributed by atoms with Crippen molar-refractivity contribution in [1.82, 2.24) is 0 Å². The molecule has 0 fully saturated rings. The van der Waals surface area contributed by atoms with Gasteiger partial charge in [0.05, 0.1) is 23.3 Å². The fourth-order valence-electron chi connectivity index (χ4n) is 7.51. The average molecular weight is 659 g/mol. The van der Waals surface area contributed by atoms with Gasteiger partial charge in [0.15, 0.2) is 0 Å². The summed E-state index contributed by atoms with van der Waals surface area (Å²) < 4.78 is 0. The lowest BCUT2D eigenvalue weighted by atomic mass is 9.97. The van der Waals surface area contributed by atoms with E-state index in [-0.39, 0.29) is 0 Å². The molecule has 0 amide bonds. The summed E-state index contributed by atoms with van der Waals surface area (Å²) in [6.07, 6.45) is 0. The van der Waals surface area contributed by atoms with Gasteiger partial charge in [-0.3, -0.25) is 0 Å². The molecule has 2 heteroatoms. The van der Waals surface area contributed by atoms with Crippen LogP contribution in [0.1, 0.15) is 11.1 Å². The number of hydrogen-bond donors (Lipinski definition) is 0. The zero-order valence-electron chi connectivity index (χ0n) is 28.2. The third-order valence-corrected chi connectivity index (χ3v) is 10.1. The van der Waals surface area contributed by atoms with Crippen molar-refractivity contribution < 1.29 is 0 Å². The monoisotopic (exact) mass is 658 g/mol. The molecule has 0 aliphatic heterocycles. The van der Waals surface area contributed by atoms with Crippen molar-refractivity contribution in [2.45, 2.75) is 0 Å². The predicted molar refractivity (Wildman–Crippen MR) is 220 cm³/mol. The Hall–Kier alpha value is -7.26. The minimum Gasteiger partial charge on any atom is -0.192 e. The van der Waals surface area contributed by atoms with E-state index in [1.807, 2.05) is 36.4 Å². The fourth-order valence-corrected chi connectivity index (χ4v) is 7.51. The number of nitriles is 2. The van der Waals surface area contributed by atoms with E-state index < -0.39 is 0 Å². The summed E-state index contributed by atoms with van der Waals surface area (Å²) in [5.41, 5.74) is 1.22. The Morgan fingerprint density at radius 2 is 0.538 bits per heavy atom. The molecular formula is C50H30N2. The van der Waals surface area contributed by atoms with Gasteiger partial charge in [0, 0.05) is 0 Å². The van der Waals surface area contributed by atoms with Gasteiger partial charge in [-0.25, -0.2) is 0 Å². The van der Waals surface area contributed by atoms with Gasteiger partial charge >= 0.3 is 0 Å². The topological polar surface area (TPSA) is 47.6 Å². The molecule has 2 nitrogen and oxygen atoms in total. The molecule has 0 saturated carbocycles. The van der Waals surface area contributed by atoms with Crippen LogP contribution in [-0.4, -0.2) is 0 Å². The van der Waals surface area contributed by atoms with E-state index in [4.69, 9.17) is 0 Å². The first-order valence-corrected chi connectivity index (χ1v) is 17.4. The van der Waals surface area contributed by atoms with Gasteiger partial charge in [0.2, 0.25) is 0 Å². The van der Waals surface area contributed by atoms with E-state index in [2.05, 4.69) is 158 Å². The molecule has 0 spiro atoms. The number of benzene rings is 8. The summed E-state index contributed by atoms with van der Waals surface area (Å²) in [5, 5.41) is 37.8. The van der Waals surface area contributed by atoms with Crippen LogP contribution in [0.15, 0.2) is 182 Å². The van der Waals surface area contributed by atoms with Crippen molar-refractivity contribution in [2.24, 2.45) is 0 Å². The molecule has 0 atom stereocenters. The maximum Gasteiger partial charge on any atom is 0.0998 e. The highest BCUT2D eigenvalue weighted by molar-refractivity contribution is 6.20. The Morgan fingerprint density at radius 1 is 0.269 bits per heavy atom. The molecule has 15 rings (SSSR count). The van der Waals surface area contributed by atoms with Crippen molar-refractivity contribution in [1.29, 1.82) is 10.5 Å². The average Bonchev–Trinajstić information content (AvgIpc) is 3.21. The predicted octanol–water partition coefficient (Wildman–Crippen LogP) is 13.5. The minimum atomic E-state index is 0.612. The van der Waals surface area contributed by atoms with E-state index in [0.29, 0.717) is 11.1 Å². The van der Waals surface area contributed by atoms with Crippen molar-refractivity contribution in [2.75, 3.05) is 0 Å². The smallest absolute Gasteiger partial charge is 0.0998 e. The second kappa shape index (κ2) is 12.9. The van der Waals surface area contributed by atoms with E-state index in [1.165, 1.54) is 10.8 Å². The summed E-state index contributed by atoms with van der Waals surface area (Å²) in [5.74, 6) is 0. The van der Waals surface area contributed by atoms with Gasteiger partial charge in [-0.2, -0.15) is 10.5 Å². The van der Waals surface area contributed by atoms with Crippen LogP contribution in [0.25, 0.3) is 86.2 Å². The Labute approximate surface area is 301 Å². The van der Waals surface area contributed by atoms with Crippen molar-refractivity contribution in [3.8, 4) is 12.1 Å². The molecule has 0 aromatic heterocycles. The summed E-state index contributed by atoms with van der Waals surface area (Å²) in [4.78, 5) is 0. The first-order chi connectivity index (χ1) is 25.7. The van der Waals surface area contributed by atoms with Crippen LogP contribution in [0.2, 0.25) is 0 Å². The second-order valence-electron chi connectivity index (χ2n) is 13.2. The molecule has 0 aliphatic rings. The van der Waals surface area contributed by atoms with E-state index in [9.17, 15) is 10.5 Å². The molecule has 8 bridgehead atoms. The van der Waals surface area contributed by atoms with E-state index in [0.717, 1.165) is 75.4 Å². The van der Waals surface area contributed by atoms with Crippen LogP contribution < -0.4 is 0 Å². The Balaban J connectivity index is 1.40. The molecule has 0 aliphatic carbocycles. The van der Waals surface area contributed by atoms with Crippen LogP contribution in [0.5, 0.6) is 0 Å². The number of nitrogens with zero attached hydrogens (tertiary/aromatic N) is 2. The third kappa shape index (κ3) is 5.46. The highest BCUT2D eigenvalue weighted by Gasteiger charge is 2.06. The molecule has 0 radical (unpaired) electrons. The summed E-state index contributed by atoms with van der Waals surface area (Å²) in [6.45, 7) is 0. The number of hydrogen-bond acceptors (Lipinski definition) is 2. The van der Waals surface area contributed by atoms with Crippen molar-refractivity contribution in [3.63, 3.8) is 0 Å². The van der Waals surface area contributed by atoms with Crippen LogP contribution >= 0.6 is 0 Å². The molecule has 52 heavy (non-hydrogen) atoms. The lowest BCUT2D eigenvalue weighted by Crippen LogP contribution is -1.80. The van der Waals surface area contributed by atoms with Crippen LogP contribution in [0.3, 0.4) is 0 Å². The molecule has 0 heterocycles. The molecule has 240 valence electrons. The molecule has 15 aromatic rings. The highest BCUT2D eigenvalue weighted by Crippen LogP contribution is 2.32. The van der Waals surface area contributed by atoms with Gasteiger partial charge in [0.25, 0.3) is 0 Å². The van der Waals surface area contributed by atoms with Gasteiger partial charge in [-0.05, 0) is 98.3 Å². The summed E-state index contributed by atoms with van der Waals surface area (Å²) in [6, 6.07) is 68.0. The lowest BCUT2D eigenvalue weighted by molar-refractivity contribution is 1.51. The van der Waals surface area contributed by atoms with E-state index >= 15 is 0 Å². The van der Waals surface area contributed by atoms with Crippen LogP contribution in [0.4, 0.5) is 0 Å². The zero-order chi connectivity index (χ0) is 35.0. The SMILES string of the molecule is N#Cc1cc2ccc(cc2)c2cccc3cccc(c4ccc(cc4)cc(C#N)c4ccc(cc4)c4cccc5cccc(c6ccc1cc6)c54)c32. The fraction of sp³-hybridized carbons (Fsp3) is 0. The summed E-state index contributed by atoms with van der Waals surface area (Å²) in [7, 11) is 0. The maximum absolute atomic E-state index is 10.3. The first kappa shape index (κ1) is 30.8. The van der Waals surface area contributed by atoms with Gasteiger partial charge in [-0.1, -0.05) is 170 Å². The third-order valence-electron chi connectivity index (χ3n) is 10.1. The van der Waals surface area contributed by atoms with Gasteiger partial charge in [0.1, 0.15) is 0 Å². The second-order valence-corrected chi connectivity index (χ2v) is 13.2. The first-order valence-electron chi connectivity index (χ1n) is 17.4. The standard InChI is InChI=1S/C50H30N2/c51-31-43-29-33-13-17-37(18-14-33)45-9-1-5-41-6-2-10-46(49(41)45)38-19-15-34(16-20-38)30-44(32-52)36-23-27-40(28-24-36)48-12-4-8-42-7-3-11-47(50(42)48)39-25-21-35(43)22-26-39/h1-30H. The molecule has 0 unspecified atom stereocenters. The minimum absolute atomic E-state index is 0.612. The van der Waals surface area contributed by atoms with Crippen LogP contribution in [0, 0.1) is 22.7 Å². The zero-order valence-corrected chi connectivity index (χ0v) is 28.2. The highest BCUT2D eigenvalue weighted by atomic mass is 14.2. The van der Waals surface area contributed by atoms with Crippen LogP contribution in [-0.2, 0) is 0 Å². The van der Waals surface area contributed by atoms with E-state index in [1.54, 1.807) is 0 Å². The number of rotatable bonds is 0. The van der Waals surface area contributed by atoms with Crippen molar-refractivity contribution in [3.05, 3.63) is 193 Å². The van der Waals surface area contributed by atoms with Gasteiger partial charge in [-0.15, -0.1) is 0 Å². The maximum atomic E-state index is 10.3. The Morgan fingerprint density at radius 3 is 0.827 bits per heavy atom. The Kier molecular flexibility index (Phi) is 7.63. The normalized spacial score (nSPS) is 11.0. The molecular weight excluding hydrogens is 629 g/mol. The molecule has 0 N–H and O–H groups in total. The quantitative estimate of drug-likeness (QED) is 0.163. The van der Waals surface area contributed by atoms with Crippen molar-refractivity contribution >= 4 is 86.2 Å². The summed E-state index contributed by atoms with van der Waals surface area (Å²) >= 11 is 0. The van der Waals surface area contributed by atoms with Gasteiger partial charge < -0.3 is 0 Å². The lowest BCUT2D eigenvalue weighted by Gasteiger charge is -2.06.